The van der Waals surface area contributed by atoms with Crippen molar-refractivity contribution in [3.63, 3.8) is 0 Å². The van der Waals surface area contributed by atoms with Crippen molar-refractivity contribution < 1.29 is 9.47 Å². The summed E-state index contributed by atoms with van der Waals surface area (Å²) in [5.41, 5.74) is 1.69. The molecule has 3 heterocycles. The van der Waals surface area contributed by atoms with Gasteiger partial charge in [-0.3, -0.25) is 0 Å². The summed E-state index contributed by atoms with van der Waals surface area (Å²) in [6.45, 7) is 5.65. The number of ether oxygens (including phenoxy) is 2. The Balaban J connectivity index is 1.79. The van der Waals surface area contributed by atoms with Gasteiger partial charge < -0.3 is 30.5 Å². The highest BCUT2D eigenvalue weighted by Gasteiger charge is 2.14. The maximum Gasteiger partial charge on any atom is 0.232 e. The molecule has 8 nitrogen and oxygen atoms in total. The number of anilines is 1. The van der Waals surface area contributed by atoms with E-state index in [4.69, 9.17) is 14.9 Å². The summed E-state index contributed by atoms with van der Waals surface area (Å²) in [5, 5.41) is 15.2. The van der Waals surface area contributed by atoms with Crippen molar-refractivity contribution in [3.8, 4) is 5.88 Å². The molecule has 0 aromatic carbocycles. The van der Waals surface area contributed by atoms with Gasteiger partial charge in [0, 0.05) is 25.0 Å². The number of nitrogens with zero attached hydrogens (tertiary/aromatic N) is 2. The minimum Gasteiger partial charge on any atom is -0.477 e. The van der Waals surface area contributed by atoms with Crippen molar-refractivity contribution in [1.82, 2.24) is 20.3 Å². The van der Waals surface area contributed by atoms with Crippen LogP contribution in [-0.2, 0) is 4.74 Å². The van der Waals surface area contributed by atoms with E-state index in [1.165, 1.54) is 0 Å². The quantitative estimate of drug-likeness (QED) is 0.575. The van der Waals surface area contributed by atoms with Crippen LogP contribution in [0.2, 0.25) is 0 Å². The molecule has 1 atom stereocenters. The number of H-pyrrole nitrogens is 1. The molecule has 2 aromatic rings. The molecule has 1 aliphatic rings. The van der Waals surface area contributed by atoms with E-state index < -0.39 is 0 Å². The molecule has 8 heteroatoms. The van der Waals surface area contributed by atoms with E-state index in [0.29, 0.717) is 42.1 Å². The summed E-state index contributed by atoms with van der Waals surface area (Å²) in [7, 11) is 0. The lowest BCUT2D eigenvalue weighted by Crippen LogP contribution is -2.34. The minimum absolute atomic E-state index is 0.260. The summed E-state index contributed by atoms with van der Waals surface area (Å²) in [6, 6.07) is 2.14. The summed E-state index contributed by atoms with van der Waals surface area (Å²) >= 11 is 0. The summed E-state index contributed by atoms with van der Waals surface area (Å²) in [5.74, 6) is 0.907. The van der Waals surface area contributed by atoms with Crippen LogP contribution >= 0.6 is 0 Å². The van der Waals surface area contributed by atoms with E-state index in [1.54, 1.807) is 19.3 Å². The van der Waals surface area contributed by atoms with Gasteiger partial charge in [0.1, 0.15) is 5.65 Å². The Hall–Kier alpha value is -2.61. The van der Waals surface area contributed by atoms with Crippen LogP contribution in [-0.4, -0.2) is 46.5 Å². The van der Waals surface area contributed by atoms with Crippen LogP contribution in [0.5, 0.6) is 5.88 Å². The first kappa shape index (κ1) is 17.2. The third-order valence-corrected chi connectivity index (χ3v) is 3.94. The number of aromatic amines is 1. The Morgan fingerprint density at radius 1 is 1.52 bits per heavy atom. The van der Waals surface area contributed by atoms with Crippen molar-refractivity contribution >= 4 is 22.7 Å². The lowest BCUT2D eigenvalue weighted by molar-refractivity contribution is 0.0747. The molecule has 0 saturated carbocycles. The summed E-state index contributed by atoms with van der Waals surface area (Å²) < 4.78 is 11.1. The van der Waals surface area contributed by atoms with Crippen molar-refractivity contribution in [2.75, 3.05) is 25.1 Å². The Labute approximate surface area is 146 Å². The fourth-order valence-corrected chi connectivity index (χ4v) is 2.65. The first-order valence-corrected chi connectivity index (χ1v) is 8.51. The largest absolute Gasteiger partial charge is 0.477 e. The number of nitrogens with one attached hydrogen (secondary N) is 4. The molecule has 2 aromatic heterocycles. The maximum atomic E-state index is 7.99. The molecule has 0 bridgehead atoms. The summed E-state index contributed by atoms with van der Waals surface area (Å²) in [6.07, 6.45) is 5.70. The van der Waals surface area contributed by atoms with Crippen LogP contribution in [0.4, 0.5) is 5.95 Å². The average Bonchev–Trinajstić information content (AvgIpc) is 3.08. The predicted octanol–water partition coefficient (Wildman–Crippen LogP) is 2.42. The zero-order valence-corrected chi connectivity index (χ0v) is 14.6. The van der Waals surface area contributed by atoms with Gasteiger partial charge in [-0.05, 0) is 32.8 Å². The predicted molar refractivity (Wildman–Crippen MR) is 97.1 cm³/mol. The second-order valence-electron chi connectivity index (χ2n) is 5.91. The highest BCUT2D eigenvalue weighted by molar-refractivity contribution is 5.98. The number of hydrogen-bond acceptors (Lipinski definition) is 7. The standard InChI is InChI=1S/C17H24N6O2/c1-3-25-16-13-6-7-19-15(13)22-17(23-16)21-14(11(2)18)9-20-12-5-4-8-24-10-12/h6-7,9,12,18,20H,3-5,8,10H2,1-2H3,(H2,19,21,22,23)/b14-9+,18-11?. The van der Waals surface area contributed by atoms with Gasteiger partial charge in [0.05, 0.1) is 30.0 Å². The van der Waals surface area contributed by atoms with Gasteiger partial charge in [0.25, 0.3) is 0 Å². The van der Waals surface area contributed by atoms with Crippen molar-refractivity contribution in [1.29, 1.82) is 5.41 Å². The molecule has 1 saturated heterocycles. The Morgan fingerprint density at radius 3 is 3.12 bits per heavy atom. The number of aromatic nitrogens is 3. The number of hydrogen-bond donors (Lipinski definition) is 4. The lowest BCUT2D eigenvalue weighted by atomic mass is 10.1. The van der Waals surface area contributed by atoms with E-state index in [2.05, 4.69) is 25.6 Å². The van der Waals surface area contributed by atoms with Crippen LogP contribution in [0.3, 0.4) is 0 Å². The molecule has 0 radical (unpaired) electrons. The fourth-order valence-electron chi connectivity index (χ4n) is 2.65. The van der Waals surface area contributed by atoms with Crippen molar-refractivity contribution in [3.05, 3.63) is 24.2 Å². The zero-order valence-electron chi connectivity index (χ0n) is 14.6. The lowest BCUT2D eigenvalue weighted by Gasteiger charge is -2.23. The molecule has 3 rings (SSSR count). The molecule has 1 unspecified atom stereocenters. The third-order valence-electron chi connectivity index (χ3n) is 3.94. The van der Waals surface area contributed by atoms with Gasteiger partial charge in [0.2, 0.25) is 11.8 Å². The smallest absolute Gasteiger partial charge is 0.232 e. The van der Waals surface area contributed by atoms with Crippen LogP contribution in [0, 0.1) is 5.41 Å². The maximum absolute atomic E-state index is 7.99. The molecule has 0 amide bonds. The van der Waals surface area contributed by atoms with Gasteiger partial charge in [-0.15, -0.1) is 0 Å². The van der Waals surface area contributed by atoms with Gasteiger partial charge in [-0.2, -0.15) is 9.97 Å². The normalized spacial score (nSPS) is 18.2. The highest BCUT2D eigenvalue weighted by Crippen LogP contribution is 2.23. The number of fused-ring (bicyclic) bond motifs is 1. The average molecular weight is 344 g/mol. The van der Waals surface area contributed by atoms with E-state index >= 15 is 0 Å². The molecule has 134 valence electrons. The molecule has 0 spiro atoms. The molecule has 1 aliphatic heterocycles. The Bertz CT molecular complexity index is 764. The topological polar surface area (TPSA) is 108 Å². The van der Waals surface area contributed by atoms with E-state index in [9.17, 15) is 0 Å². The van der Waals surface area contributed by atoms with Gasteiger partial charge in [0.15, 0.2) is 0 Å². The Kier molecular flexibility index (Phi) is 5.49. The SMILES string of the molecule is CCOc1nc(N/C(=C/NC2CCCOC2)C(C)=N)nc2[nH]ccc12. The van der Waals surface area contributed by atoms with E-state index in [-0.39, 0.29) is 6.04 Å². The van der Waals surface area contributed by atoms with Crippen LogP contribution < -0.4 is 15.4 Å². The van der Waals surface area contributed by atoms with Crippen LogP contribution in [0.1, 0.15) is 26.7 Å². The third kappa shape index (κ3) is 4.27. The van der Waals surface area contributed by atoms with Gasteiger partial charge in [-0.1, -0.05) is 0 Å². The molecule has 1 fully saturated rings. The molecular weight excluding hydrogens is 320 g/mol. The monoisotopic (exact) mass is 344 g/mol. The fraction of sp³-hybridized carbons (Fsp3) is 0.471. The van der Waals surface area contributed by atoms with Crippen LogP contribution in [0.15, 0.2) is 24.2 Å². The second kappa shape index (κ2) is 7.98. The van der Waals surface area contributed by atoms with E-state index in [1.807, 2.05) is 13.0 Å². The first-order valence-electron chi connectivity index (χ1n) is 8.51. The molecule has 25 heavy (non-hydrogen) atoms. The first-order chi connectivity index (χ1) is 12.2. The summed E-state index contributed by atoms with van der Waals surface area (Å²) in [4.78, 5) is 11.9. The molecular formula is C17H24N6O2. The Morgan fingerprint density at radius 2 is 2.40 bits per heavy atom. The van der Waals surface area contributed by atoms with Crippen molar-refractivity contribution in [2.24, 2.45) is 0 Å². The van der Waals surface area contributed by atoms with Crippen molar-refractivity contribution in [2.45, 2.75) is 32.7 Å². The highest BCUT2D eigenvalue weighted by atomic mass is 16.5. The molecule has 0 aliphatic carbocycles. The number of rotatable bonds is 7. The minimum atomic E-state index is 0.260. The molecule has 4 N–H and O–H groups in total. The zero-order chi connectivity index (χ0) is 17.6. The van der Waals surface area contributed by atoms with Gasteiger partial charge >= 0.3 is 0 Å². The van der Waals surface area contributed by atoms with E-state index in [0.717, 1.165) is 24.8 Å². The second-order valence-corrected chi connectivity index (χ2v) is 5.91. The van der Waals surface area contributed by atoms with Crippen LogP contribution in [0.25, 0.3) is 11.0 Å². The number of allylic oxidation sites excluding steroid dienone is 1. The van der Waals surface area contributed by atoms with Gasteiger partial charge in [-0.25, -0.2) is 0 Å².